The zero-order chi connectivity index (χ0) is 25.4. The third-order valence-electron chi connectivity index (χ3n) is 7.68. The van der Waals surface area contributed by atoms with Gasteiger partial charge in [0.2, 0.25) is 5.91 Å². The zero-order valence-corrected chi connectivity index (χ0v) is 20.6. The number of halogens is 3. The third kappa shape index (κ3) is 4.61. The van der Waals surface area contributed by atoms with Gasteiger partial charge in [0, 0.05) is 12.5 Å². The summed E-state index contributed by atoms with van der Waals surface area (Å²) in [5, 5.41) is 3.05. The predicted molar refractivity (Wildman–Crippen MR) is 115 cm³/mol. The van der Waals surface area contributed by atoms with Crippen LogP contribution in [0.15, 0.2) is 0 Å². The van der Waals surface area contributed by atoms with E-state index in [4.69, 9.17) is 9.47 Å². The molecule has 4 aliphatic carbocycles. The van der Waals surface area contributed by atoms with E-state index in [0.717, 1.165) is 6.42 Å². The molecular formula is C24H35F3N2O5. The fourth-order valence-electron chi connectivity index (χ4n) is 6.45. The molecule has 2 amide bonds. The van der Waals surface area contributed by atoms with E-state index in [9.17, 15) is 27.6 Å². The second-order valence-electron chi connectivity index (χ2n) is 12.5. The van der Waals surface area contributed by atoms with Gasteiger partial charge in [-0.05, 0) is 78.6 Å². The maximum atomic E-state index is 13.1. The van der Waals surface area contributed by atoms with Crippen LogP contribution in [-0.4, -0.2) is 58.9 Å². The highest BCUT2D eigenvalue weighted by Gasteiger charge is 2.75. The first kappa shape index (κ1) is 25.1. The first-order valence-electron chi connectivity index (χ1n) is 12.0. The number of carbonyl (C=O) groups excluding carboxylic acids is 3. The molecule has 7 atom stereocenters. The van der Waals surface area contributed by atoms with Crippen LogP contribution in [0.2, 0.25) is 0 Å². The number of hydrogen-bond acceptors (Lipinski definition) is 5. The summed E-state index contributed by atoms with van der Waals surface area (Å²) < 4.78 is 50.8. The van der Waals surface area contributed by atoms with Crippen LogP contribution in [0, 0.1) is 29.1 Å². The molecule has 2 saturated heterocycles. The lowest BCUT2D eigenvalue weighted by Crippen LogP contribution is -2.64. The van der Waals surface area contributed by atoms with Crippen molar-refractivity contribution in [3.63, 3.8) is 0 Å². The molecule has 2 heterocycles. The van der Waals surface area contributed by atoms with Crippen molar-refractivity contribution in [1.29, 1.82) is 0 Å². The van der Waals surface area contributed by atoms with Crippen molar-refractivity contribution in [1.82, 2.24) is 10.2 Å². The van der Waals surface area contributed by atoms with Crippen LogP contribution in [0.25, 0.3) is 0 Å². The number of rotatable bonds is 3. The molecule has 10 heteroatoms. The molecular weight excluding hydrogens is 453 g/mol. The molecule has 0 aromatic heterocycles. The van der Waals surface area contributed by atoms with Crippen molar-refractivity contribution in [2.75, 3.05) is 6.54 Å². The molecule has 2 aliphatic heterocycles. The van der Waals surface area contributed by atoms with Crippen molar-refractivity contribution < 1.29 is 37.0 Å². The minimum Gasteiger partial charge on any atom is -0.459 e. The number of amides is 2. The lowest BCUT2D eigenvalue weighted by atomic mass is 9.73. The van der Waals surface area contributed by atoms with Gasteiger partial charge in [-0.15, -0.1) is 0 Å². The van der Waals surface area contributed by atoms with Crippen molar-refractivity contribution in [3.8, 4) is 0 Å². The molecule has 34 heavy (non-hydrogen) atoms. The number of esters is 1. The molecule has 0 aromatic carbocycles. The third-order valence-corrected chi connectivity index (χ3v) is 7.68. The largest absolute Gasteiger partial charge is 0.459 e. The van der Waals surface area contributed by atoms with Gasteiger partial charge in [-0.25, -0.2) is 4.79 Å². The van der Waals surface area contributed by atoms with E-state index in [-0.39, 0.29) is 30.2 Å². The normalized spacial score (nSPS) is 36.4. The Morgan fingerprint density at radius 2 is 1.68 bits per heavy atom. The fraction of sp³-hybridized carbons (Fsp3) is 0.875. The van der Waals surface area contributed by atoms with Crippen LogP contribution in [0.3, 0.4) is 0 Å². The van der Waals surface area contributed by atoms with E-state index in [0.29, 0.717) is 12.8 Å². The number of ether oxygens (including phenoxy) is 2. The molecule has 6 fully saturated rings. The Bertz CT molecular complexity index is 877. The average molecular weight is 489 g/mol. The minimum atomic E-state index is -4.61. The van der Waals surface area contributed by atoms with Gasteiger partial charge in [0.1, 0.15) is 18.1 Å². The van der Waals surface area contributed by atoms with Gasteiger partial charge < -0.3 is 19.7 Å². The molecule has 4 bridgehead atoms. The number of nitrogens with one attached hydrogen (secondary N) is 1. The summed E-state index contributed by atoms with van der Waals surface area (Å²) in [7, 11) is 0. The van der Waals surface area contributed by atoms with Crippen molar-refractivity contribution in [3.05, 3.63) is 0 Å². The highest BCUT2D eigenvalue weighted by molar-refractivity contribution is 5.79. The number of fused-ring (bicyclic) bond motifs is 1. The van der Waals surface area contributed by atoms with Crippen LogP contribution >= 0.6 is 0 Å². The van der Waals surface area contributed by atoms with Crippen molar-refractivity contribution in [2.24, 2.45) is 29.1 Å². The van der Waals surface area contributed by atoms with Gasteiger partial charge in [0.25, 0.3) is 0 Å². The van der Waals surface area contributed by atoms with Gasteiger partial charge in [-0.3, -0.25) is 9.59 Å². The maximum absolute atomic E-state index is 13.1. The van der Waals surface area contributed by atoms with E-state index in [1.54, 1.807) is 41.5 Å². The number of hydrogen-bond donors (Lipinski definition) is 1. The van der Waals surface area contributed by atoms with Crippen LogP contribution in [0.5, 0.6) is 0 Å². The number of alkyl carbamates (subject to hydrolysis) is 1. The first-order chi connectivity index (χ1) is 15.4. The zero-order valence-electron chi connectivity index (χ0n) is 20.6. The fourth-order valence-corrected chi connectivity index (χ4v) is 6.45. The molecule has 0 aromatic rings. The topological polar surface area (TPSA) is 84.9 Å². The Morgan fingerprint density at radius 3 is 2.24 bits per heavy atom. The van der Waals surface area contributed by atoms with Gasteiger partial charge in [0.05, 0.1) is 17.0 Å². The second-order valence-corrected chi connectivity index (χ2v) is 12.5. The molecule has 7 nitrogen and oxygen atoms in total. The van der Waals surface area contributed by atoms with Crippen LogP contribution in [0.1, 0.15) is 67.2 Å². The molecule has 0 spiro atoms. The Balaban J connectivity index is 1.67. The summed E-state index contributed by atoms with van der Waals surface area (Å²) in [6.45, 7) is 10.7. The minimum absolute atomic E-state index is 0.00564. The van der Waals surface area contributed by atoms with Gasteiger partial charge in [0.15, 0.2) is 0 Å². The SMILES string of the molecule is CC(C)(C)OC(=O)NC12CC1[C@@H]1CC3C[C@H]2[C@H](OC(=O)C(C)(C)C)C1N(C(=O)CC(F)(F)F)C3. The number of alkyl halides is 3. The Labute approximate surface area is 198 Å². The Hall–Kier alpha value is -2.00. The second kappa shape index (κ2) is 7.75. The number of nitrogens with zero attached hydrogens (tertiary/aromatic N) is 1. The van der Waals surface area contributed by atoms with Crippen molar-refractivity contribution in [2.45, 2.75) is 96.7 Å². The van der Waals surface area contributed by atoms with Crippen molar-refractivity contribution >= 4 is 18.0 Å². The van der Waals surface area contributed by atoms with Gasteiger partial charge >= 0.3 is 18.2 Å². The molecule has 1 N–H and O–H groups in total. The molecule has 0 radical (unpaired) electrons. The quantitative estimate of drug-likeness (QED) is 0.606. The highest BCUT2D eigenvalue weighted by atomic mass is 19.4. The summed E-state index contributed by atoms with van der Waals surface area (Å²) in [5.74, 6) is -1.90. The number of piperidine rings is 1. The maximum Gasteiger partial charge on any atom is 0.408 e. The summed E-state index contributed by atoms with van der Waals surface area (Å²) in [6, 6.07) is -0.619. The summed E-state index contributed by atoms with van der Waals surface area (Å²) in [6.07, 6.45) is -5.54. The molecule has 6 aliphatic rings. The lowest BCUT2D eigenvalue weighted by Gasteiger charge is -2.49. The van der Waals surface area contributed by atoms with Crippen LogP contribution in [-0.2, 0) is 19.1 Å². The monoisotopic (exact) mass is 488 g/mol. The summed E-state index contributed by atoms with van der Waals surface area (Å²) in [4.78, 5) is 39.7. The molecule has 192 valence electrons. The van der Waals surface area contributed by atoms with E-state index >= 15 is 0 Å². The lowest BCUT2D eigenvalue weighted by molar-refractivity contribution is -0.181. The summed E-state index contributed by atoms with van der Waals surface area (Å²) in [5.41, 5.74) is -2.14. The highest BCUT2D eigenvalue weighted by Crippen LogP contribution is 2.67. The Morgan fingerprint density at radius 1 is 1.03 bits per heavy atom. The number of carbonyl (C=O) groups is 3. The van der Waals surface area contributed by atoms with Gasteiger partial charge in [-0.1, -0.05) is 0 Å². The van der Waals surface area contributed by atoms with Gasteiger partial charge in [-0.2, -0.15) is 13.2 Å². The standard InChI is InChI=1S/C24H35F3N2O5/c1-21(2,3)19(31)33-18-14-8-12-7-13(17(18)29(11-12)16(30)10-24(25,26)27)15-9-23(14,15)28-20(32)34-22(4,5)6/h12-15,17-18H,7-11H2,1-6H3,(H,28,32)/t12?,13-,14-,15?,17?,18-,23?/m0/s1. The Kier molecular flexibility index (Phi) is 5.72. The van der Waals surface area contributed by atoms with E-state index in [1.165, 1.54) is 4.90 Å². The van der Waals surface area contributed by atoms with E-state index in [1.807, 2.05) is 0 Å². The van der Waals surface area contributed by atoms with Crippen LogP contribution in [0.4, 0.5) is 18.0 Å². The molecule has 4 saturated carbocycles. The average Bonchev–Trinajstić information content (AvgIpc) is 3.39. The van der Waals surface area contributed by atoms with E-state index < -0.39 is 59.3 Å². The first-order valence-corrected chi connectivity index (χ1v) is 12.0. The summed E-state index contributed by atoms with van der Waals surface area (Å²) >= 11 is 0. The van der Waals surface area contributed by atoms with E-state index in [2.05, 4.69) is 5.32 Å². The smallest absolute Gasteiger partial charge is 0.408 e. The van der Waals surface area contributed by atoms with Crippen LogP contribution < -0.4 is 5.32 Å². The molecule has 4 unspecified atom stereocenters. The molecule has 6 rings (SSSR count). The predicted octanol–water partition coefficient (Wildman–Crippen LogP) is 4.05.